The van der Waals surface area contributed by atoms with Crippen LogP contribution >= 0.6 is 15.9 Å². The van der Waals surface area contributed by atoms with Crippen molar-refractivity contribution in [2.24, 2.45) is 0 Å². The van der Waals surface area contributed by atoms with Crippen LogP contribution in [0.15, 0.2) is 56.4 Å². The predicted molar refractivity (Wildman–Crippen MR) is 97.4 cm³/mol. The minimum atomic E-state index is -3.66. The Hall–Kier alpha value is -2.03. The molecule has 3 rings (SSSR count). The Morgan fingerprint density at radius 2 is 1.96 bits per heavy atom. The van der Waals surface area contributed by atoms with Crippen molar-refractivity contribution in [2.75, 3.05) is 0 Å². The zero-order valence-corrected chi connectivity index (χ0v) is 16.1. The molecule has 0 aliphatic carbocycles. The summed E-state index contributed by atoms with van der Waals surface area (Å²) in [4.78, 5) is 4.48. The molecule has 0 amide bonds. The summed E-state index contributed by atoms with van der Waals surface area (Å²) >= 11 is 3.38. The van der Waals surface area contributed by atoms with Gasteiger partial charge in [0.2, 0.25) is 21.7 Å². The van der Waals surface area contributed by atoms with Crippen LogP contribution in [0.2, 0.25) is 0 Å². The molecular weight excluding hydrogens is 406 g/mol. The van der Waals surface area contributed by atoms with Crippen LogP contribution in [-0.2, 0) is 16.6 Å². The van der Waals surface area contributed by atoms with Crippen molar-refractivity contribution < 1.29 is 12.9 Å². The minimum absolute atomic E-state index is 0.0727. The number of aromatic nitrogens is 2. The third-order valence-corrected chi connectivity index (χ3v) is 5.63. The standard InChI is InChI=1S/C17H16BrN3O3S/c1-11-6-7-12(2)15(8-11)25(22,23)19-10-16-20-17(21-24-16)13-4-3-5-14(18)9-13/h3-9,19H,10H2,1-2H3. The Bertz CT molecular complexity index is 1020. The van der Waals surface area contributed by atoms with Gasteiger partial charge in [-0.3, -0.25) is 0 Å². The maximum atomic E-state index is 12.5. The van der Waals surface area contributed by atoms with E-state index in [0.29, 0.717) is 11.4 Å². The largest absolute Gasteiger partial charge is 0.338 e. The molecule has 0 saturated heterocycles. The van der Waals surface area contributed by atoms with Crippen LogP contribution in [0.4, 0.5) is 0 Å². The van der Waals surface area contributed by atoms with Gasteiger partial charge in [0.25, 0.3) is 0 Å². The van der Waals surface area contributed by atoms with Crippen molar-refractivity contribution in [3.8, 4) is 11.4 Å². The van der Waals surface area contributed by atoms with Gasteiger partial charge < -0.3 is 4.52 Å². The molecule has 0 aliphatic heterocycles. The number of rotatable bonds is 5. The number of benzene rings is 2. The molecule has 25 heavy (non-hydrogen) atoms. The highest BCUT2D eigenvalue weighted by Crippen LogP contribution is 2.21. The average molecular weight is 422 g/mol. The zero-order chi connectivity index (χ0) is 18.0. The van der Waals surface area contributed by atoms with Crippen molar-refractivity contribution in [3.63, 3.8) is 0 Å². The Balaban J connectivity index is 1.77. The van der Waals surface area contributed by atoms with Gasteiger partial charge in [0.1, 0.15) is 0 Å². The second-order valence-electron chi connectivity index (χ2n) is 5.62. The molecule has 0 spiro atoms. The van der Waals surface area contributed by atoms with Crippen LogP contribution in [0.3, 0.4) is 0 Å². The number of hydrogen-bond acceptors (Lipinski definition) is 5. The predicted octanol–water partition coefficient (Wildman–Crippen LogP) is 3.59. The molecule has 0 saturated carbocycles. The molecule has 1 N–H and O–H groups in total. The van der Waals surface area contributed by atoms with Gasteiger partial charge in [-0.1, -0.05) is 45.4 Å². The van der Waals surface area contributed by atoms with Gasteiger partial charge in [0.15, 0.2) is 0 Å². The van der Waals surface area contributed by atoms with Crippen molar-refractivity contribution in [1.29, 1.82) is 0 Å². The lowest BCUT2D eigenvalue weighted by atomic mass is 10.2. The van der Waals surface area contributed by atoms with E-state index < -0.39 is 10.0 Å². The maximum Gasteiger partial charge on any atom is 0.242 e. The van der Waals surface area contributed by atoms with Gasteiger partial charge in [-0.05, 0) is 43.2 Å². The van der Waals surface area contributed by atoms with E-state index in [0.717, 1.165) is 15.6 Å². The summed E-state index contributed by atoms with van der Waals surface area (Å²) in [5.74, 6) is 0.603. The van der Waals surface area contributed by atoms with E-state index in [1.807, 2.05) is 37.3 Å². The fourth-order valence-corrected chi connectivity index (χ4v) is 4.00. The lowest BCUT2D eigenvalue weighted by molar-refractivity contribution is 0.376. The van der Waals surface area contributed by atoms with E-state index in [2.05, 4.69) is 30.8 Å². The molecule has 2 aromatic carbocycles. The fourth-order valence-electron chi connectivity index (χ4n) is 2.30. The number of nitrogens with zero attached hydrogens (tertiary/aromatic N) is 2. The van der Waals surface area contributed by atoms with Gasteiger partial charge in [-0.25, -0.2) is 13.1 Å². The second kappa shape index (κ2) is 7.07. The summed E-state index contributed by atoms with van der Waals surface area (Å²) in [5.41, 5.74) is 2.33. The summed E-state index contributed by atoms with van der Waals surface area (Å²) in [6.45, 7) is 3.53. The van der Waals surface area contributed by atoms with Crippen LogP contribution < -0.4 is 4.72 Å². The molecule has 0 bridgehead atoms. The highest BCUT2D eigenvalue weighted by Gasteiger charge is 2.18. The quantitative estimate of drug-likeness (QED) is 0.679. The Morgan fingerprint density at radius 3 is 2.72 bits per heavy atom. The Labute approximate surface area is 154 Å². The van der Waals surface area contributed by atoms with E-state index in [-0.39, 0.29) is 17.3 Å². The molecule has 0 aliphatic rings. The van der Waals surface area contributed by atoms with Crippen LogP contribution in [0.25, 0.3) is 11.4 Å². The molecule has 130 valence electrons. The molecular formula is C17H16BrN3O3S. The first-order valence-corrected chi connectivity index (χ1v) is 9.78. The summed E-state index contributed by atoms with van der Waals surface area (Å²) < 4.78 is 33.5. The molecule has 6 nitrogen and oxygen atoms in total. The highest BCUT2D eigenvalue weighted by molar-refractivity contribution is 9.10. The van der Waals surface area contributed by atoms with Gasteiger partial charge >= 0.3 is 0 Å². The molecule has 1 heterocycles. The SMILES string of the molecule is Cc1ccc(C)c(S(=O)(=O)NCc2nc(-c3cccc(Br)c3)no2)c1. The lowest BCUT2D eigenvalue weighted by Crippen LogP contribution is -2.24. The van der Waals surface area contributed by atoms with Crippen LogP contribution in [-0.4, -0.2) is 18.6 Å². The molecule has 0 unspecified atom stereocenters. The Morgan fingerprint density at radius 1 is 1.16 bits per heavy atom. The number of hydrogen-bond donors (Lipinski definition) is 1. The topological polar surface area (TPSA) is 85.1 Å². The van der Waals surface area contributed by atoms with E-state index in [4.69, 9.17) is 4.52 Å². The number of nitrogens with one attached hydrogen (secondary N) is 1. The monoisotopic (exact) mass is 421 g/mol. The van der Waals surface area contributed by atoms with Gasteiger partial charge in [-0.2, -0.15) is 4.98 Å². The second-order valence-corrected chi connectivity index (χ2v) is 8.27. The molecule has 0 fully saturated rings. The maximum absolute atomic E-state index is 12.5. The van der Waals surface area contributed by atoms with Crippen molar-refractivity contribution in [2.45, 2.75) is 25.3 Å². The van der Waals surface area contributed by atoms with Crippen molar-refractivity contribution in [1.82, 2.24) is 14.9 Å². The summed E-state index contributed by atoms with van der Waals surface area (Å²) in [6.07, 6.45) is 0. The number of sulfonamides is 1. The Kier molecular flexibility index (Phi) is 5.03. The lowest BCUT2D eigenvalue weighted by Gasteiger charge is -2.08. The van der Waals surface area contributed by atoms with Gasteiger partial charge in [0, 0.05) is 10.0 Å². The third-order valence-electron chi connectivity index (χ3n) is 3.60. The normalized spacial score (nSPS) is 11.6. The van der Waals surface area contributed by atoms with Gasteiger partial charge in [-0.15, -0.1) is 0 Å². The molecule has 3 aromatic rings. The summed E-state index contributed by atoms with van der Waals surface area (Å²) in [7, 11) is -3.66. The fraction of sp³-hybridized carbons (Fsp3) is 0.176. The average Bonchev–Trinajstić information content (AvgIpc) is 3.04. The van der Waals surface area contributed by atoms with E-state index in [1.165, 1.54) is 0 Å². The highest BCUT2D eigenvalue weighted by atomic mass is 79.9. The van der Waals surface area contributed by atoms with Gasteiger partial charge in [0.05, 0.1) is 11.4 Å². The van der Waals surface area contributed by atoms with E-state index in [1.54, 1.807) is 19.1 Å². The van der Waals surface area contributed by atoms with Crippen LogP contribution in [0, 0.1) is 13.8 Å². The van der Waals surface area contributed by atoms with Crippen LogP contribution in [0.5, 0.6) is 0 Å². The van der Waals surface area contributed by atoms with E-state index >= 15 is 0 Å². The minimum Gasteiger partial charge on any atom is -0.338 e. The molecule has 0 radical (unpaired) electrons. The molecule has 8 heteroatoms. The molecule has 1 aromatic heterocycles. The first-order chi connectivity index (χ1) is 11.8. The first kappa shape index (κ1) is 17.8. The van der Waals surface area contributed by atoms with Crippen molar-refractivity contribution in [3.05, 3.63) is 64.0 Å². The zero-order valence-electron chi connectivity index (χ0n) is 13.7. The summed E-state index contributed by atoms with van der Waals surface area (Å²) in [5, 5.41) is 3.89. The number of aryl methyl sites for hydroxylation is 2. The summed E-state index contributed by atoms with van der Waals surface area (Å²) in [6, 6.07) is 12.7. The smallest absolute Gasteiger partial charge is 0.242 e. The van der Waals surface area contributed by atoms with Crippen LogP contribution in [0.1, 0.15) is 17.0 Å². The van der Waals surface area contributed by atoms with Crippen molar-refractivity contribution >= 4 is 26.0 Å². The van der Waals surface area contributed by atoms with E-state index in [9.17, 15) is 8.42 Å². The number of halogens is 1. The third kappa shape index (κ3) is 4.15. The molecule has 0 atom stereocenters. The first-order valence-electron chi connectivity index (χ1n) is 7.50.